The first kappa shape index (κ1) is 19.7. The normalized spacial score (nSPS) is 11.2. The van der Waals surface area contributed by atoms with E-state index in [9.17, 15) is 10.1 Å². The van der Waals surface area contributed by atoms with E-state index >= 15 is 0 Å². The minimum absolute atomic E-state index is 0.0832. The molecule has 1 rings (SSSR count). The SMILES string of the molecule is CCc1cccc(C)c1NC(=O)/C(C#N)=C\NCCN(CC)CC. The van der Waals surface area contributed by atoms with E-state index in [2.05, 4.69) is 29.4 Å². The van der Waals surface area contributed by atoms with E-state index in [1.165, 1.54) is 6.20 Å². The lowest BCUT2D eigenvalue weighted by atomic mass is 10.1. The monoisotopic (exact) mass is 328 g/mol. The second-order valence-corrected chi connectivity index (χ2v) is 5.57. The number of rotatable bonds is 9. The van der Waals surface area contributed by atoms with Gasteiger partial charge in [0.15, 0.2) is 0 Å². The molecule has 0 radical (unpaired) electrons. The second-order valence-electron chi connectivity index (χ2n) is 5.57. The number of likely N-dealkylation sites (N-methyl/N-ethyl adjacent to an activating group) is 1. The van der Waals surface area contributed by atoms with Crippen LogP contribution >= 0.6 is 0 Å². The molecule has 0 unspecified atom stereocenters. The van der Waals surface area contributed by atoms with Gasteiger partial charge in [-0.2, -0.15) is 5.26 Å². The number of carbonyl (C=O) groups excluding carboxylic acids is 1. The van der Waals surface area contributed by atoms with Gasteiger partial charge in [0.25, 0.3) is 5.91 Å². The number of aryl methyl sites for hydroxylation is 2. The Kier molecular flexibility index (Phi) is 8.59. The number of hydrogen-bond acceptors (Lipinski definition) is 4. The lowest BCUT2D eigenvalue weighted by molar-refractivity contribution is -0.112. The minimum atomic E-state index is -0.378. The van der Waals surface area contributed by atoms with Crippen LogP contribution in [0.2, 0.25) is 0 Å². The highest BCUT2D eigenvalue weighted by Crippen LogP contribution is 2.21. The van der Waals surface area contributed by atoms with Crippen molar-refractivity contribution in [2.75, 3.05) is 31.5 Å². The van der Waals surface area contributed by atoms with Crippen molar-refractivity contribution in [2.45, 2.75) is 34.1 Å². The molecule has 1 aromatic carbocycles. The standard InChI is InChI=1S/C19H28N4O/c1-5-16-10-8-9-15(4)18(16)22-19(24)17(13-20)14-21-11-12-23(6-2)7-3/h8-10,14,21H,5-7,11-12H2,1-4H3,(H,22,24)/b17-14-. The highest BCUT2D eigenvalue weighted by molar-refractivity contribution is 6.07. The maximum atomic E-state index is 12.4. The number of nitrogens with zero attached hydrogens (tertiary/aromatic N) is 2. The average Bonchev–Trinajstić information content (AvgIpc) is 2.60. The lowest BCUT2D eigenvalue weighted by Crippen LogP contribution is -2.30. The fourth-order valence-electron chi connectivity index (χ4n) is 2.47. The maximum Gasteiger partial charge on any atom is 0.267 e. The second kappa shape index (κ2) is 10.5. The van der Waals surface area contributed by atoms with Crippen LogP contribution in [0.1, 0.15) is 31.9 Å². The molecule has 24 heavy (non-hydrogen) atoms. The Morgan fingerprint density at radius 3 is 2.58 bits per heavy atom. The predicted molar refractivity (Wildman–Crippen MR) is 98.7 cm³/mol. The van der Waals surface area contributed by atoms with Crippen molar-refractivity contribution in [3.8, 4) is 6.07 Å². The van der Waals surface area contributed by atoms with Crippen LogP contribution in [-0.2, 0) is 11.2 Å². The Bertz CT molecular complexity index is 612. The Labute approximate surface area is 145 Å². The summed E-state index contributed by atoms with van der Waals surface area (Å²) in [6.07, 6.45) is 2.33. The molecular formula is C19H28N4O. The van der Waals surface area contributed by atoms with E-state index in [1.54, 1.807) is 0 Å². The summed E-state index contributed by atoms with van der Waals surface area (Å²) in [5.41, 5.74) is 2.94. The number of nitrogens with one attached hydrogen (secondary N) is 2. The molecule has 0 aromatic heterocycles. The predicted octanol–water partition coefficient (Wildman–Crippen LogP) is 2.83. The summed E-state index contributed by atoms with van der Waals surface area (Å²) in [6.45, 7) is 11.8. The van der Waals surface area contributed by atoms with Crippen LogP contribution in [0.25, 0.3) is 0 Å². The highest BCUT2D eigenvalue weighted by atomic mass is 16.1. The number of hydrogen-bond donors (Lipinski definition) is 2. The van der Waals surface area contributed by atoms with Crippen LogP contribution in [0.3, 0.4) is 0 Å². The first-order chi connectivity index (χ1) is 11.6. The molecular weight excluding hydrogens is 300 g/mol. The van der Waals surface area contributed by atoms with Crippen LogP contribution < -0.4 is 10.6 Å². The van der Waals surface area contributed by atoms with Gasteiger partial charge in [-0.15, -0.1) is 0 Å². The zero-order valence-corrected chi connectivity index (χ0v) is 15.1. The maximum absolute atomic E-state index is 12.4. The van der Waals surface area contributed by atoms with Gasteiger partial charge in [-0.3, -0.25) is 4.79 Å². The third-order valence-corrected chi connectivity index (χ3v) is 4.06. The van der Waals surface area contributed by atoms with Crippen LogP contribution in [0.4, 0.5) is 5.69 Å². The molecule has 2 N–H and O–H groups in total. The molecule has 0 spiro atoms. The molecule has 0 aliphatic carbocycles. The molecule has 0 saturated carbocycles. The van der Waals surface area contributed by atoms with Gasteiger partial charge in [0.1, 0.15) is 11.6 Å². The van der Waals surface area contributed by atoms with Crippen molar-refractivity contribution in [3.63, 3.8) is 0 Å². The van der Waals surface area contributed by atoms with Crippen molar-refractivity contribution in [2.24, 2.45) is 0 Å². The molecule has 5 heteroatoms. The molecule has 0 aliphatic heterocycles. The zero-order chi connectivity index (χ0) is 17.9. The highest BCUT2D eigenvalue weighted by Gasteiger charge is 2.12. The first-order valence-corrected chi connectivity index (χ1v) is 8.53. The number of amides is 1. The van der Waals surface area contributed by atoms with Gasteiger partial charge in [0, 0.05) is 25.0 Å². The Morgan fingerprint density at radius 1 is 1.29 bits per heavy atom. The Hall–Kier alpha value is -2.32. The number of para-hydroxylation sites is 1. The largest absolute Gasteiger partial charge is 0.388 e. The molecule has 0 aliphatic rings. The Balaban J connectivity index is 2.71. The molecule has 0 saturated heterocycles. The van der Waals surface area contributed by atoms with Crippen molar-refractivity contribution >= 4 is 11.6 Å². The summed E-state index contributed by atoms with van der Waals surface area (Å²) < 4.78 is 0. The van der Waals surface area contributed by atoms with Crippen LogP contribution in [-0.4, -0.2) is 37.0 Å². The number of anilines is 1. The van der Waals surface area contributed by atoms with E-state index in [0.717, 1.165) is 42.9 Å². The topological polar surface area (TPSA) is 68.2 Å². The van der Waals surface area contributed by atoms with Crippen molar-refractivity contribution in [1.29, 1.82) is 5.26 Å². The molecule has 0 heterocycles. The summed E-state index contributed by atoms with van der Waals surface area (Å²) in [6, 6.07) is 7.88. The summed E-state index contributed by atoms with van der Waals surface area (Å²) in [7, 11) is 0. The van der Waals surface area contributed by atoms with Crippen LogP contribution in [0, 0.1) is 18.3 Å². The van der Waals surface area contributed by atoms with Gasteiger partial charge in [-0.25, -0.2) is 0 Å². The van der Waals surface area contributed by atoms with Crippen LogP contribution in [0.5, 0.6) is 0 Å². The number of nitriles is 1. The van der Waals surface area contributed by atoms with Crippen molar-refractivity contribution in [3.05, 3.63) is 41.1 Å². The molecule has 5 nitrogen and oxygen atoms in total. The lowest BCUT2D eigenvalue weighted by Gasteiger charge is -2.17. The van der Waals surface area contributed by atoms with Gasteiger partial charge in [0.2, 0.25) is 0 Å². The van der Waals surface area contributed by atoms with E-state index in [-0.39, 0.29) is 11.5 Å². The molecule has 0 bridgehead atoms. The van der Waals surface area contributed by atoms with Crippen molar-refractivity contribution < 1.29 is 4.79 Å². The van der Waals surface area contributed by atoms with Crippen molar-refractivity contribution in [1.82, 2.24) is 10.2 Å². The molecule has 0 fully saturated rings. The smallest absolute Gasteiger partial charge is 0.267 e. The fraction of sp³-hybridized carbons (Fsp3) is 0.474. The quantitative estimate of drug-likeness (QED) is 0.415. The zero-order valence-electron chi connectivity index (χ0n) is 15.1. The molecule has 0 atom stereocenters. The van der Waals surface area contributed by atoms with Gasteiger partial charge in [-0.05, 0) is 37.6 Å². The van der Waals surface area contributed by atoms with Crippen LogP contribution in [0.15, 0.2) is 30.0 Å². The van der Waals surface area contributed by atoms with E-state index in [0.29, 0.717) is 6.54 Å². The van der Waals surface area contributed by atoms with Gasteiger partial charge >= 0.3 is 0 Å². The third-order valence-electron chi connectivity index (χ3n) is 4.06. The van der Waals surface area contributed by atoms with Gasteiger partial charge in [0.05, 0.1) is 0 Å². The third kappa shape index (κ3) is 5.71. The first-order valence-electron chi connectivity index (χ1n) is 8.53. The number of benzene rings is 1. The number of carbonyl (C=O) groups is 1. The van der Waals surface area contributed by atoms with Gasteiger partial charge < -0.3 is 15.5 Å². The van der Waals surface area contributed by atoms with E-state index < -0.39 is 0 Å². The fourth-order valence-corrected chi connectivity index (χ4v) is 2.47. The summed E-state index contributed by atoms with van der Waals surface area (Å²) in [4.78, 5) is 14.6. The van der Waals surface area contributed by atoms with Gasteiger partial charge in [-0.1, -0.05) is 39.0 Å². The van der Waals surface area contributed by atoms with E-state index in [4.69, 9.17) is 0 Å². The Morgan fingerprint density at radius 2 is 2.00 bits per heavy atom. The van der Waals surface area contributed by atoms with E-state index in [1.807, 2.05) is 38.1 Å². The molecule has 130 valence electrons. The summed E-state index contributed by atoms with van der Waals surface area (Å²) >= 11 is 0. The molecule has 1 aromatic rings. The molecule has 1 amide bonds. The minimum Gasteiger partial charge on any atom is -0.388 e. The summed E-state index contributed by atoms with van der Waals surface area (Å²) in [5, 5.41) is 15.2. The average molecular weight is 328 g/mol. The summed E-state index contributed by atoms with van der Waals surface area (Å²) in [5.74, 6) is -0.378.